The number of benzene rings is 1. The fraction of sp³-hybridized carbons (Fsp3) is 0.421. The minimum absolute atomic E-state index is 0.207. The molecular weight excluding hydrogens is 368 g/mol. The van der Waals surface area contributed by atoms with Gasteiger partial charge in [-0.3, -0.25) is 14.6 Å². The predicted octanol–water partition coefficient (Wildman–Crippen LogP) is 2.62. The highest BCUT2D eigenvalue weighted by Gasteiger charge is 2.29. The number of aliphatic hydroxyl groups is 1. The molecular formula is C19H23ClN4O3. The number of rotatable bonds is 5. The maximum atomic E-state index is 12.6. The van der Waals surface area contributed by atoms with Crippen LogP contribution < -0.4 is 15.8 Å². The molecule has 0 bridgehead atoms. The first-order valence-corrected chi connectivity index (χ1v) is 9.34. The summed E-state index contributed by atoms with van der Waals surface area (Å²) in [6.07, 6.45) is 7.15. The summed E-state index contributed by atoms with van der Waals surface area (Å²) in [5, 5.41) is 13.7. The number of carbonyl (C=O) groups is 1. The van der Waals surface area contributed by atoms with Crippen LogP contribution >= 0.6 is 11.6 Å². The van der Waals surface area contributed by atoms with Crippen LogP contribution in [0.15, 0.2) is 35.4 Å². The van der Waals surface area contributed by atoms with Crippen LogP contribution in [0.3, 0.4) is 0 Å². The van der Waals surface area contributed by atoms with Gasteiger partial charge in [-0.1, -0.05) is 30.9 Å². The van der Waals surface area contributed by atoms with Crippen molar-refractivity contribution >= 4 is 29.0 Å². The van der Waals surface area contributed by atoms with Crippen molar-refractivity contribution in [2.24, 2.45) is 0 Å². The molecule has 2 aromatic rings. The number of nitrogens with one attached hydrogen (secondary N) is 2. The van der Waals surface area contributed by atoms with Gasteiger partial charge in [0.05, 0.1) is 28.6 Å². The van der Waals surface area contributed by atoms with Crippen molar-refractivity contribution in [1.82, 2.24) is 15.3 Å². The summed E-state index contributed by atoms with van der Waals surface area (Å²) in [6, 6.07) is 5.03. The van der Waals surface area contributed by atoms with Gasteiger partial charge in [0.15, 0.2) is 0 Å². The molecule has 0 saturated heterocycles. The normalized spacial score (nSPS) is 16.0. The van der Waals surface area contributed by atoms with E-state index in [0.717, 1.165) is 19.3 Å². The van der Waals surface area contributed by atoms with E-state index in [0.29, 0.717) is 34.9 Å². The minimum Gasteiger partial charge on any atom is -0.388 e. The molecule has 1 aliphatic carbocycles. The van der Waals surface area contributed by atoms with Crippen LogP contribution in [0.25, 0.3) is 0 Å². The van der Waals surface area contributed by atoms with Gasteiger partial charge < -0.3 is 20.3 Å². The van der Waals surface area contributed by atoms with Crippen molar-refractivity contribution in [3.8, 4) is 0 Å². The molecule has 1 aliphatic rings. The summed E-state index contributed by atoms with van der Waals surface area (Å²) in [5.41, 5.74) is -0.174. The van der Waals surface area contributed by atoms with Crippen LogP contribution in [0.1, 0.15) is 42.5 Å². The summed E-state index contributed by atoms with van der Waals surface area (Å²) in [7, 11) is 1.75. The van der Waals surface area contributed by atoms with Crippen molar-refractivity contribution < 1.29 is 9.90 Å². The van der Waals surface area contributed by atoms with Gasteiger partial charge >= 0.3 is 0 Å². The Morgan fingerprint density at radius 1 is 1.33 bits per heavy atom. The van der Waals surface area contributed by atoms with Gasteiger partial charge in [0.2, 0.25) is 0 Å². The fourth-order valence-corrected chi connectivity index (χ4v) is 3.50. The molecule has 1 amide bonds. The number of H-pyrrole nitrogens is 1. The average molecular weight is 391 g/mol. The molecule has 8 heteroatoms. The van der Waals surface area contributed by atoms with Crippen molar-refractivity contribution in [3.63, 3.8) is 0 Å². The number of hydrogen-bond acceptors (Lipinski definition) is 5. The third-order valence-electron chi connectivity index (χ3n) is 4.95. The largest absolute Gasteiger partial charge is 0.388 e. The topological polar surface area (TPSA) is 98.3 Å². The molecule has 1 heterocycles. The lowest BCUT2D eigenvalue weighted by Gasteiger charge is -2.32. The SMILES string of the molecule is CN(c1ccc(Cl)c(C(=O)NCC2(O)CCCCC2)c1)c1cncc(=O)[nH]1. The lowest BCUT2D eigenvalue weighted by atomic mass is 9.85. The fourth-order valence-electron chi connectivity index (χ4n) is 3.30. The highest BCUT2D eigenvalue weighted by atomic mass is 35.5. The van der Waals surface area contributed by atoms with E-state index in [1.165, 1.54) is 12.4 Å². The van der Waals surface area contributed by atoms with Gasteiger partial charge in [0.25, 0.3) is 11.5 Å². The Morgan fingerprint density at radius 2 is 2.07 bits per heavy atom. The molecule has 3 rings (SSSR count). The van der Waals surface area contributed by atoms with E-state index < -0.39 is 5.60 Å². The first-order valence-electron chi connectivity index (χ1n) is 8.96. The van der Waals surface area contributed by atoms with E-state index in [1.807, 2.05) is 0 Å². The van der Waals surface area contributed by atoms with Gasteiger partial charge in [-0.25, -0.2) is 0 Å². The van der Waals surface area contributed by atoms with E-state index in [4.69, 9.17) is 11.6 Å². The van der Waals surface area contributed by atoms with Crippen LogP contribution in [0.5, 0.6) is 0 Å². The summed E-state index contributed by atoms with van der Waals surface area (Å²) >= 11 is 6.21. The molecule has 1 aromatic heterocycles. The van der Waals surface area contributed by atoms with Crippen LogP contribution in [-0.4, -0.2) is 40.2 Å². The van der Waals surface area contributed by atoms with E-state index in [2.05, 4.69) is 15.3 Å². The molecule has 1 aromatic carbocycles. The summed E-state index contributed by atoms with van der Waals surface area (Å²) < 4.78 is 0. The van der Waals surface area contributed by atoms with Gasteiger partial charge in [0, 0.05) is 19.3 Å². The molecule has 144 valence electrons. The van der Waals surface area contributed by atoms with E-state index in [9.17, 15) is 14.7 Å². The smallest absolute Gasteiger partial charge is 0.267 e. The zero-order valence-corrected chi connectivity index (χ0v) is 15.9. The number of halogens is 1. The Bertz CT molecular complexity index is 877. The lowest BCUT2D eigenvalue weighted by Crippen LogP contribution is -2.44. The van der Waals surface area contributed by atoms with Crippen molar-refractivity contribution in [2.75, 3.05) is 18.5 Å². The number of aromatic amines is 1. The second kappa shape index (κ2) is 8.10. The third kappa shape index (κ3) is 4.67. The number of carbonyl (C=O) groups excluding carboxylic acids is 1. The summed E-state index contributed by atoms with van der Waals surface area (Å²) in [6.45, 7) is 0.207. The van der Waals surface area contributed by atoms with Gasteiger partial charge in [0.1, 0.15) is 5.82 Å². The Labute approximate surface area is 162 Å². The molecule has 27 heavy (non-hydrogen) atoms. The monoisotopic (exact) mass is 390 g/mol. The lowest BCUT2D eigenvalue weighted by molar-refractivity contribution is 0.00526. The molecule has 0 spiro atoms. The average Bonchev–Trinajstić information content (AvgIpc) is 2.66. The van der Waals surface area contributed by atoms with Gasteiger partial charge in [-0.05, 0) is 31.0 Å². The Kier molecular flexibility index (Phi) is 5.82. The van der Waals surface area contributed by atoms with Crippen molar-refractivity contribution in [3.05, 3.63) is 51.5 Å². The van der Waals surface area contributed by atoms with Crippen LogP contribution in [0, 0.1) is 0 Å². The first kappa shape index (κ1) is 19.4. The number of nitrogens with zero attached hydrogens (tertiary/aromatic N) is 2. The second-order valence-corrected chi connectivity index (χ2v) is 7.38. The Hall–Kier alpha value is -2.38. The number of aromatic nitrogens is 2. The summed E-state index contributed by atoms with van der Waals surface area (Å²) in [4.78, 5) is 32.4. The van der Waals surface area contributed by atoms with E-state index in [1.54, 1.807) is 30.1 Å². The zero-order valence-electron chi connectivity index (χ0n) is 15.2. The van der Waals surface area contributed by atoms with Crippen molar-refractivity contribution in [1.29, 1.82) is 0 Å². The maximum Gasteiger partial charge on any atom is 0.267 e. The standard InChI is InChI=1S/C19H23ClN4O3/c1-24(16-10-21-11-17(25)23-16)13-5-6-15(20)14(9-13)18(26)22-12-19(27)7-3-2-4-8-19/h5-6,9-11,27H,2-4,7-8,12H2,1H3,(H,22,26)(H,23,25). The molecule has 7 nitrogen and oxygen atoms in total. The molecule has 0 unspecified atom stereocenters. The molecule has 1 saturated carbocycles. The van der Waals surface area contributed by atoms with Gasteiger partial charge in [-0.2, -0.15) is 0 Å². The van der Waals surface area contributed by atoms with E-state index >= 15 is 0 Å². The number of hydrogen-bond donors (Lipinski definition) is 3. The highest BCUT2D eigenvalue weighted by Crippen LogP contribution is 2.28. The van der Waals surface area contributed by atoms with Crippen LogP contribution in [-0.2, 0) is 0 Å². The molecule has 3 N–H and O–H groups in total. The van der Waals surface area contributed by atoms with Crippen LogP contribution in [0.2, 0.25) is 5.02 Å². The Morgan fingerprint density at radius 3 is 2.78 bits per heavy atom. The number of amides is 1. The predicted molar refractivity (Wildman–Crippen MR) is 105 cm³/mol. The van der Waals surface area contributed by atoms with E-state index in [-0.39, 0.29) is 18.0 Å². The zero-order chi connectivity index (χ0) is 19.4. The summed E-state index contributed by atoms with van der Waals surface area (Å²) in [5.74, 6) is 0.154. The highest BCUT2D eigenvalue weighted by molar-refractivity contribution is 6.34. The quantitative estimate of drug-likeness (QED) is 0.729. The maximum absolute atomic E-state index is 12.6. The molecule has 0 radical (unpaired) electrons. The molecule has 0 aliphatic heterocycles. The number of anilines is 2. The first-order chi connectivity index (χ1) is 12.9. The third-order valence-corrected chi connectivity index (χ3v) is 5.27. The Balaban J connectivity index is 1.76. The van der Waals surface area contributed by atoms with Crippen LogP contribution in [0.4, 0.5) is 11.5 Å². The minimum atomic E-state index is -0.843. The molecule has 0 atom stereocenters. The second-order valence-electron chi connectivity index (χ2n) is 6.97. The van der Waals surface area contributed by atoms with Gasteiger partial charge in [-0.15, -0.1) is 0 Å². The van der Waals surface area contributed by atoms with Crippen molar-refractivity contribution in [2.45, 2.75) is 37.7 Å². The molecule has 1 fully saturated rings.